The molecule has 0 fully saturated rings. The molecule has 8 heteroatoms. The third kappa shape index (κ3) is 4.91. The summed E-state index contributed by atoms with van der Waals surface area (Å²) in [7, 11) is 3.54. The number of hydrogen-bond donors (Lipinski definition) is 2. The molecule has 3 aliphatic rings. The first-order valence-electron chi connectivity index (χ1n) is 11.3. The zero-order valence-corrected chi connectivity index (χ0v) is 19.5. The van der Waals surface area contributed by atoms with E-state index in [1.165, 1.54) is 5.57 Å². The fourth-order valence-corrected chi connectivity index (χ4v) is 4.25. The predicted molar refractivity (Wildman–Crippen MR) is 133 cm³/mol. The molecule has 0 aromatic heterocycles. The van der Waals surface area contributed by atoms with E-state index in [2.05, 4.69) is 33.4 Å². The molecule has 2 heterocycles. The number of aryl methyl sites for hydroxylation is 1. The van der Waals surface area contributed by atoms with Crippen LogP contribution in [0.2, 0.25) is 0 Å². The molecule has 174 valence electrons. The summed E-state index contributed by atoms with van der Waals surface area (Å²) in [5.74, 6) is 1.53. The molecule has 0 saturated heterocycles. The van der Waals surface area contributed by atoms with E-state index in [0.717, 1.165) is 29.9 Å². The van der Waals surface area contributed by atoms with Gasteiger partial charge in [-0.25, -0.2) is 4.99 Å². The number of rotatable bonds is 7. The molecule has 2 atom stereocenters. The summed E-state index contributed by atoms with van der Waals surface area (Å²) in [6.45, 7) is 3.84. The fourth-order valence-electron chi connectivity index (χ4n) is 4.25. The minimum atomic E-state index is 0.00384. The van der Waals surface area contributed by atoms with E-state index in [1.807, 2.05) is 38.4 Å². The van der Waals surface area contributed by atoms with E-state index >= 15 is 0 Å². The number of amidine groups is 2. The lowest BCUT2D eigenvalue weighted by molar-refractivity contribution is 0.0793. The lowest BCUT2D eigenvalue weighted by Crippen LogP contribution is -2.41. The number of nitrogens with two attached hydrogens (primary N) is 1. The smallest absolute Gasteiger partial charge is 0.253 e. The highest BCUT2D eigenvalue weighted by Crippen LogP contribution is 2.26. The van der Waals surface area contributed by atoms with Gasteiger partial charge in [0.05, 0.1) is 18.7 Å². The summed E-state index contributed by atoms with van der Waals surface area (Å²) in [5.41, 5.74) is 9.27. The van der Waals surface area contributed by atoms with Gasteiger partial charge in [-0.1, -0.05) is 18.2 Å². The van der Waals surface area contributed by atoms with Gasteiger partial charge in [0.15, 0.2) is 11.7 Å². The highest BCUT2D eigenvalue weighted by molar-refractivity contribution is 6.45. The quantitative estimate of drug-likeness (QED) is 0.669. The largest absolute Gasteiger partial charge is 0.377 e. The van der Waals surface area contributed by atoms with Gasteiger partial charge in [-0.2, -0.15) is 0 Å². The lowest BCUT2D eigenvalue weighted by atomic mass is 9.98. The first kappa shape index (κ1) is 22.9. The summed E-state index contributed by atoms with van der Waals surface area (Å²) in [4.78, 5) is 25.9. The van der Waals surface area contributed by atoms with Crippen LogP contribution in [0.1, 0.15) is 28.8 Å². The van der Waals surface area contributed by atoms with Crippen molar-refractivity contribution in [1.29, 1.82) is 0 Å². The minimum Gasteiger partial charge on any atom is -0.377 e. The Balaban J connectivity index is 1.44. The van der Waals surface area contributed by atoms with Crippen LogP contribution in [0.3, 0.4) is 0 Å². The number of carbonyl (C=O) groups is 1. The van der Waals surface area contributed by atoms with Crippen LogP contribution in [0, 0.1) is 6.92 Å². The minimum absolute atomic E-state index is 0.00384. The Bertz CT molecular complexity index is 1050. The van der Waals surface area contributed by atoms with Crippen molar-refractivity contribution in [2.75, 3.05) is 39.1 Å². The van der Waals surface area contributed by atoms with Crippen LogP contribution in [0.5, 0.6) is 0 Å². The second-order valence-electron chi connectivity index (χ2n) is 8.46. The number of nitrogens with zero attached hydrogens (tertiary/aromatic N) is 4. The van der Waals surface area contributed by atoms with Gasteiger partial charge in [-0.3, -0.25) is 9.79 Å². The molecule has 2 unspecified atom stereocenters. The Morgan fingerprint density at radius 1 is 1.39 bits per heavy atom. The number of amides is 1. The summed E-state index contributed by atoms with van der Waals surface area (Å²) in [6, 6.07) is 5.90. The molecule has 2 aliphatic heterocycles. The number of methoxy groups -OCH3 is 1. The molecule has 0 spiro atoms. The average molecular weight is 449 g/mol. The van der Waals surface area contributed by atoms with Crippen LogP contribution in [0.15, 0.2) is 64.4 Å². The standard InChI is InChI=1S/C25H32N6O2/c1-17-15-19(7-10-21(17)25(32)30(2)13-4-11-26)29-23-24-28-16-22(31(24)14-12-27-23)18-5-8-20(33-3)9-6-18/h5-8,10,12,14-15,20,22H,4,9,11,13,16,26H2,1-3H3,(H,27,29). The van der Waals surface area contributed by atoms with Gasteiger partial charge in [0.1, 0.15) is 0 Å². The molecule has 1 aromatic rings. The first-order chi connectivity index (χ1) is 16.0. The van der Waals surface area contributed by atoms with Crippen molar-refractivity contribution in [3.63, 3.8) is 0 Å². The van der Waals surface area contributed by atoms with E-state index < -0.39 is 0 Å². The molecule has 0 saturated carbocycles. The molecule has 1 aliphatic carbocycles. The van der Waals surface area contributed by atoms with Crippen LogP contribution in [-0.4, -0.2) is 73.3 Å². The van der Waals surface area contributed by atoms with Crippen molar-refractivity contribution in [3.05, 3.63) is 65.5 Å². The van der Waals surface area contributed by atoms with E-state index in [4.69, 9.17) is 15.5 Å². The van der Waals surface area contributed by atoms with Crippen LogP contribution >= 0.6 is 0 Å². The maximum absolute atomic E-state index is 12.7. The number of carbonyl (C=O) groups excluding carboxylic acids is 1. The van der Waals surface area contributed by atoms with Crippen LogP contribution < -0.4 is 11.1 Å². The normalized spacial score (nSPS) is 21.3. The van der Waals surface area contributed by atoms with Crippen molar-refractivity contribution >= 4 is 23.3 Å². The molecule has 0 radical (unpaired) electrons. The summed E-state index contributed by atoms with van der Waals surface area (Å²) < 4.78 is 5.41. The Hall–Kier alpha value is -3.23. The molecule has 3 N–H and O–H groups in total. The molecule has 1 aromatic carbocycles. The number of aliphatic imine (C=N–C) groups is 2. The third-order valence-corrected chi connectivity index (χ3v) is 6.18. The summed E-state index contributed by atoms with van der Waals surface area (Å²) in [5, 5.41) is 3.39. The second kappa shape index (κ2) is 10.1. The molecule has 1 amide bonds. The monoisotopic (exact) mass is 448 g/mol. The fraction of sp³-hybridized carbons (Fsp3) is 0.400. The van der Waals surface area contributed by atoms with Crippen molar-refractivity contribution < 1.29 is 9.53 Å². The van der Waals surface area contributed by atoms with Crippen molar-refractivity contribution in [3.8, 4) is 0 Å². The molecule has 0 bridgehead atoms. The molecule has 33 heavy (non-hydrogen) atoms. The van der Waals surface area contributed by atoms with Crippen molar-refractivity contribution in [2.45, 2.75) is 31.9 Å². The van der Waals surface area contributed by atoms with Crippen LogP contribution in [0.25, 0.3) is 0 Å². The lowest BCUT2D eigenvalue weighted by Gasteiger charge is -2.29. The topological polar surface area (TPSA) is 95.5 Å². The predicted octanol–water partition coefficient (Wildman–Crippen LogP) is 2.70. The van der Waals surface area contributed by atoms with E-state index in [1.54, 1.807) is 18.2 Å². The highest BCUT2D eigenvalue weighted by Gasteiger charge is 2.33. The zero-order chi connectivity index (χ0) is 23.4. The Morgan fingerprint density at radius 3 is 2.94 bits per heavy atom. The summed E-state index contributed by atoms with van der Waals surface area (Å²) in [6.07, 6.45) is 12.0. The Labute approximate surface area is 195 Å². The van der Waals surface area contributed by atoms with Crippen molar-refractivity contribution in [1.82, 2.24) is 9.80 Å². The third-order valence-electron chi connectivity index (χ3n) is 6.18. The Morgan fingerprint density at radius 2 is 2.24 bits per heavy atom. The van der Waals surface area contributed by atoms with Gasteiger partial charge in [-0.05, 0) is 55.6 Å². The average Bonchev–Trinajstić information content (AvgIpc) is 3.27. The van der Waals surface area contributed by atoms with E-state index in [9.17, 15) is 4.79 Å². The number of nitrogens with one attached hydrogen (secondary N) is 1. The summed E-state index contributed by atoms with van der Waals surface area (Å²) >= 11 is 0. The number of benzene rings is 1. The number of ether oxygens (including phenoxy) is 1. The molecule has 4 rings (SSSR count). The number of fused-ring (bicyclic) bond motifs is 1. The molecular weight excluding hydrogens is 416 g/mol. The zero-order valence-electron chi connectivity index (χ0n) is 19.5. The SMILES string of the molecule is COC1C=CC(C2CN=C3C(Nc4ccc(C(=O)N(C)CCCN)c(C)c4)=NC=CN32)=CC1. The van der Waals surface area contributed by atoms with Crippen LogP contribution in [-0.2, 0) is 4.74 Å². The first-order valence-corrected chi connectivity index (χ1v) is 11.3. The van der Waals surface area contributed by atoms with Gasteiger partial charge < -0.3 is 25.6 Å². The second-order valence-corrected chi connectivity index (χ2v) is 8.46. The van der Waals surface area contributed by atoms with E-state index in [-0.39, 0.29) is 18.1 Å². The van der Waals surface area contributed by atoms with Gasteiger partial charge >= 0.3 is 0 Å². The van der Waals surface area contributed by atoms with Crippen molar-refractivity contribution in [2.24, 2.45) is 15.7 Å². The maximum Gasteiger partial charge on any atom is 0.253 e. The van der Waals surface area contributed by atoms with Gasteiger partial charge in [0.25, 0.3) is 5.91 Å². The molecular formula is C25H32N6O2. The van der Waals surface area contributed by atoms with Crippen LogP contribution in [0.4, 0.5) is 5.69 Å². The Kier molecular flexibility index (Phi) is 7.05. The molecule has 8 nitrogen and oxygen atoms in total. The highest BCUT2D eigenvalue weighted by atomic mass is 16.5. The van der Waals surface area contributed by atoms with Gasteiger partial charge in [0, 0.05) is 44.4 Å². The van der Waals surface area contributed by atoms with Gasteiger partial charge in [0.2, 0.25) is 0 Å². The maximum atomic E-state index is 12.7. The van der Waals surface area contributed by atoms with Gasteiger partial charge in [-0.15, -0.1) is 0 Å². The number of hydrogen-bond acceptors (Lipinski definition) is 7. The van der Waals surface area contributed by atoms with E-state index in [0.29, 0.717) is 31.0 Å². The number of anilines is 1.